The quantitative estimate of drug-likeness (QED) is 0.562. The molecule has 0 N–H and O–H groups in total. The standard InChI is InChI=1S/C9H9FO/c1-6-7(9-5-11-9)3-2-4-8(6)10/h2-4,9H,5H2,1H3/t9-/m1/s1. The fourth-order valence-corrected chi connectivity index (χ4v) is 1.20. The molecule has 0 aromatic heterocycles. The van der Waals surface area contributed by atoms with Gasteiger partial charge in [-0.1, -0.05) is 12.1 Å². The Bertz CT molecular complexity index is 279. The van der Waals surface area contributed by atoms with Gasteiger partial charge < -0.3 is 4.74 Å². The van der Waals surface area contributed by atoms with Crippen LogP contribution in [-0.4, -0.2) is 6.61 Å². The number of epoxide rings is 1. The second-order valence-electron chi connectivity index (χ2n) is 2.78. The number of halogens is 1. The lowest BCUT2D eigenvalue weighted by Gasteiger charge is -2.01. The monoisotopic (exact) mass is 152 g/mol. The zero-order valence-corrected chi connectivity index (χ0v) is 6.30. The smallest absolute Gasteiger partial charge is 0.126 e. The Kier molecular flexibility index (Phi) is 1.43. The van der Waals surface area contributed by atoms with Crippen LogP contribution in [0.1, 0.15) is 17.2 Å². The lowest BCUT2D eigenvalue weighted by molar-refractivity contribution is 0.414. The first-order valence-corrected chi connectivity index (χ1v) is 3.65. The van der Waals surface area contributed by atoms with E-state index in [4.69, 9.17) is 4.74 Å². The van der Waals surface area contributed by atoms with Gasteiger partial charge in [0.2, 0.25) is 0 Å². The van der Waals surface area contributed by atoms with Gasteiger partial charge in [-0.05, 0) is 24.1 Å². The van der Waals surface area contributed by atoms with Gasteiger partial charge in [-0.3, -0.25) is 0 Å². The highest BCUT2D eigenvalue weighted by molar-refractivity contribution is 5.30. The molecule has 11 heavy (non-hydrogen) atoms. The highest BCUT2D eigenvalue weighted by atomic mass is 19.1. The summed E-state index contributed by atoms with van der Waals surface area (Å²) in [5.41, 5.74) is 1.71. The molecule has 2 rings (SSSR count). The Hall–Kier alpha value is -0.890. The molecular weight excluding hydrogens is 143 g/mol. The van der Waals surface area contributed by atoms with Crippen LogP contribution in [-0.2, 0) is 4.74 Å². The van der Waals surface area contributed by atoms with E-state index in [1.165, 1.54) is 6.07 Å². The van der Waals surface area contributed by atoms with Crippen molar-refractivity contribution in [2.45, 2.75) is 13.0 Å². The molecule has 1 fully saturated rings. The predicted molar refractivity (Wildman–Crippen MR) is 39.8 cm³/mol. The molecule has 1 saturated heterocycles. The third-order valence-electron chi connectivity index (χ3n) is 1.99. The third kappa shape index (κ3) is 1.14. The molecule has 1 aliphatic rings. The molecule has 2 heteroatoms. The summed E-state index contributed by atoms with van der Waals surface area (Å²) in [4.78, 5) is 0. The van der Waals surface area contributed by atoms with Gasteiger partial charge in [0, 0.05) is 0 Å². The van der Waals surface area contributed by atoms with Crippen LogP contribution in [0.5, 0.6) is 0 Å². The van der Waals surface area contributed by atoms with E-state index in [1.807, 2.05) is 6.07 Å². The molecule has 1 aromatic carbocycles. The fraction of sp³-hybridized carbons (Fsp3) is 0.333. The highest BCUT2D eigenvalue weighted by Gasteiger charge is 2.26. The van der Waals surface area contributed by atoms with Crippen molar-refractivity contribution in [2.75, 3.05) is 6.61 Å². The molecule has 0 radical (unpaired) electrons. The van der Waals surface area contributed by atoms with E-state index in [0.29, 0.717) is 0 Å². The van der Waals surface area contributed by atoms with Gasteiger partial charge in [-0.2, -0.15) is 0 Å². The van der Waals surface area contributed by atoms with Gasteiger partial charge in [-0.25, -0.2) is 4.39 Å². The van der Waals surface area contributed by atoms with Gasteiger partial charge >= 0.3 is 0 Å². The van der Waals surface area contributed by atoms with Crippen molar-refractivity contribution < 1.29 is 9.13 Å². The molecule has 0 unspecified atom stereocenters. The third-order valence-corrected chi connectivity index (χ3v) is 1.99. The van der Waals surface area contributed by atoms with E-state index in [0.717, 1.165) is 17.7 Å². The Labute approximate surface area is 64.8 Å². The molecule has 1 aromatic rings. The van der Waals surface area contributed by atoms with Crippen molar-refractivity contribution in [3.05, 3.63) is 35.1 Å². The van der Waals surface area contributed by atoms with Gasteiger partial charge in [0.15, 0.2) is 0 Å². The SMILES string of the molecule is Cc1c(F)cccc1[C@H]1CO1. The molecule has 1 atom stereocenters. The number of ether oxygens (including phenoxy) is 1. The first kappa shape index (κ1) is 6.80. The van der Waals surface area contributed by atoms with Crippen LogP contribution < -0.4 is 0 Å². The lowest BCUT2D eigenvalue weighted by atomic mass is 10.1. The first-order valence-electron chi connectivity index (χ1n) is 3.65. The molecular formula is C9H9FO. The molecule has 1 aliphatic heterocycles. The van der Waals surface area contributed by atoms with E-state index in [-0.39, 0.29) is 11.9 Å². The van der Waals surface area contributed by atoms with Gasteiger partial charge in [0.05, 0.1) is 6.61 Å². The van der Waals surface area contributed by atoms with E-state index >= 15 is 0 Å². The lowest BCUT2D eigenvalue weighted by Crippen LogP contribution is -1.89. The van der Waals surface area contributed by atoms with Crippen LogP contribution in [0.25, 0.3) is 0 Å². The summed E-state index contributed by atoms with van der Waals surface area (Å²) >= 11 is 0. The molecule has 0 saturated carbocycles. The maximum absolute atomic E-state index is 12.9. The fourth-order valence-electron chi connectivity index (χ4n) is 1.20. The molecule has 0 amide bonds. The maximum atomic E-state index is 12.9. The number of benzene rings is 1. The normalized spacial score (nSPS) is 21.8. The van der Waals surface area contributed by atoms with Crippen LogP contribution in [0.4, 0.5) is 4.39 Å². The summed E-state index contributed by atoms with van der Waals surface area (Å²) in [7, 11) is 0. The summed E-state index contributed by atoms with van der Waals surface area (Å²) in [5, 5.41) is 0. The van der Waals surface area contributed by atoms with Crippen LogP contribution in [0.2, 0.25) is 0 Å². The van der Waals surface area contributed by atoms with Crippen LogP contribution >= 0.6 is 0 Å². The average molecular weight is 152 g/mol. The molecule has 0 spiro atoms. The zero-order valence-electron chi connectivity index (χ0n) is 6.30. The van der Waals surface area contributed by atoms with Crippen molar-refractivity contribution in [1.82, 2.24) is 0 Å². The number of hydrogen-bond donors (Lipinski definition) is 0. The minimum absolute atomic E-state index is 0.141. The largest absolute Gasteiger partial charge is 0.368 e. The van der Waals surface area contributed by atoms with Crippen molar-refractivity contribution in [3.8, 4) is 0 Å². The van der Waals surface area contributed by atoms with Crippen LogP contribution in [0, 0.1) is 12.7 Å². The molecule has 1 nitrogen and oxygen atoms in total. The Morgan fingerprint density at radius 1 is 1.55 bits per heavy atom. The van der Waals surface area contributed by atoms with Gasteiger partial charge in [0.1, 0.15) is 11.9 Å². The van der Waals surface area contributed by atoms with E-state index in [9.17, 15) is 4.39 Å². The Balaban J connectivity index is 2.45. The van der Waals surface area contributed by atoms with Crippen LogP contribution in [0.3, 0.4) is 0 Å². The molecule has 58 valence electrons. The Morgan fingerprint density at radius 3 is 2.91 bits per heavy atom. The summed E-state index contributed by atoms with van der Waals surface area (Å²) in [6.45, 7) is 2.52. The Morgan fingerprint density at radius 2 is 2.27 bits per heavy atom. The van der Waals surface area contributed by atoms with Crippen molar-refractivity contribution in [3.63, 3.8) is 0 Å². The van der Waals surface area contributed by atoms with E-state index < -0.39 is 0 Å². The molecule has 0 bridgehead atoms. The number of hydrogen-bond acceptors (Lipinski definition) is 1. The first-order chi connectivity index (χ1) is 5.29. The summed E-state index contributed by atoms with van der Waals surface area (Å²) < 4.78 is 18.0. The average Bonchev–Trinajstić information content (AvgIpc) is 2.77. The number of rotatable bonds is 1. The topological polar surface area (TPSA) is 12.5 Å². The second kappa shape index (κ2) is 2.31. The summed E-state index contributed by atoms with van der Waals surface area (Å²) in [6, 6.07) is 5.11. The van der Waals surface area contributed by atoms with Crippen LogP contribution in [0.15, 0.2) is 18.2 Å². The highest BCUT2D eigenvalue weighted by Crippen LogP contribution is 2.32. The van der Waals surface area contributed by atoms with E-state index in [2.05, 4.69) is 0 Å². The predicted octanol–water partition coefficient (Wildman–Crippen LogP) is 2.21. The summed E-state index contributed by atoms with van der Waals surface area (Å²) in [6.07, 6.45) is 0.158. The van der Waals surface area contributed by atoms with Gasteiger partial charge in [-0.15, -0.1) is 0 Å². The zero-order chi connectivity index (χ0) is 7.84. The maximum Gasteiger partial charge on any atom is 0.126 e. The molecule has 0 aliphatic carbocycles. The van der Waals surface area contributed by atoms with Crippen molar-refractivity contribution in [1.29, 1.82) is 0 Å². The second-order valence-corrected chi connectivity index (χ2v) is 2.78. The minimum atomic E-state index is -0.141. The van der Waals surface area contributed by atoms with Gasteiger partial charge in [0.25, 0.3) is 0 Å². The van der Waals surface area contributed by atoms with E-state index in [1.54, 1.807) is 13.0 Å². The van der Waals surface area contributed by atoms with Crippen molar-refractivity contribution >= 4 is 0 Å². The molecule has 1 heterocycles. The summed E-state index contributed by atoms with van der Waals surface area (Å²) in [5.74, 6) is -0.141. The van der Waals surface area contributed by atoms with Crippen molar-refractivity contribution in [2.24, 2.45) is 0 Å². The minimum Gasteiger partial charge on any atom is -0.368 e.